The van der Waals surface area contributed by atoms with Gasteiger partial charge in [-0.15, -0.1) is 0 Å². The molecule has 36 heavy (non-hydrogen) atoms. The van der Waals surface area contributed by atoms with Crippen LogP contribution in [0.4, 0.5) is 0 Å². The highest BCUT2D eigenvalue weighted by Gasteiger charge is 2.28. The Hall–Kier alpha value is -4.07. The van der Waals surface area contributed by atoms with Crippen molar-refractivity contribution in [1.82, 2.24) is 4.98 Å². The van der Waals surface area contributed by atoms with Gasteiger partial charge in [0.25, 0.3) is 0 Å². The first-order chi connectivity index (χ1) is 17.4. The number of carbonyl (C=O) groups is 2. The zero-order chi connectivity index (χ0) is 25.8. The number of benzene rings is 2. The second-order valence-electron chi connectivity index (χ2n) is 8.57. The van der Waals surface area contributed by atoms with Gasteiger partial charge in [0.15, 0.2) is 18.1 Å². The molecule has 0 fully saturated rings. The van der Waals surface area contributed by atoms with Gasteiger partial charge in [0, 0.05) is 5.39 Å². The SMILES string of the molecule is COc1cc(/C=C2\CCc3c2nc2ccccc2c3C(=O)OCC(=O)OC(C)C)cc(OC)c1OC. The number of esters is 2. The largest absolute Gasteiger partial charge is 0.493 e. The number of methoxy groups -OCH3 is 3. The molecule has 3 aromatic rings. The van der Waals surface area contributed by atoms with Crippen molar-refractivity contribution in [3.05, 3.63) is 58.8 Å². The van der Waals surface area contributed by atoms with Gasteiger partial charge in [-0.25, -0.2) is 14.6 Å². The summed E-state index contributed by atoms with van der Waals surface area (Å²) < 4.78 is 26.8. The summed E-state index contributed by atoms with van der Waals surface area (Å²) in [5.74, 6) is 0.451. The molecule has 0 unspecified atom stereocenters. The van der Waals surface area contributed by atoms with Gasteiger partial charge < -0.3 is 23.7 Å². The number of hydrogen-bond donors (Lipinski definition) is 0. The number of ether oxygens (including phenoxy) is 5. The molecule has 8 heteroatoms. The molecular weight excluding hydrogens is 462 g/mol. The molecule has 0 amide bonds. The van der Waals surface area contributed by atoms with Crippen molar-refractivity contribution in [3.63, 3.8) is 0 Å². The van der Waals surface area contributed by atoms with Gasteiger partial charge in [-0.05, 0) is 67.7 Å². The molecule has 0 spiro atoms. The minimum Gasteiger partial charge on any atom is -0.493 e. The Morgan fingerprint density at radius 2 is 1.69 bits per heavy atom. The van der Waals surface area contributed by atoms with Crippen molar-refractivity contribution in [1.29, 1.82) is 0 Å². The Kier molecular flexibility index (Phi) is 7.43. The zero-order valence-corrected chi connectivity index (χ0v) is 21.0. The first kappa shape index (κ1) is 25.0. The van der Waals surface area contributed by atoms with Crippen LogP contribution in [0.2, 0.25) is 0 Å². The highest BCUT2D eigenvalue weighted by molar-refractivity contribution is 6.07. The predicted molar refractivity (Wildman–Crippen MR) is 136 cm³/mol. The van der Waals surface area contributed by atoms with Gasteiger partial charge in [0.05, 0.1) is 44.2 Å². The monoisotopic (exact) mass is 491 g/mol. The Bertz CT molecular complexity index is 1320. The number of nitrogens with zero attached hydrogens (tertiary/aromatic N) is 1. The standard InChI is InChI=1S/C28H29NO7/c1-16(2)36-24(30)15-35-28(31)25-19-8-6-7-9-21(19)29-26-18(10-11-20(25)26)12-17-13-22(32-3)27(34-5)23(14-17)33-4/h6-9,12-14,16H,10-11,15H2,1-5H3/b18-12+. The fraction of sp³-hybridized carbons (Fsp3) is 0.321. The van der Waals surface area contributed by atoms with Crippen LogP contribution in [0.15, 0.2) is 36.4 Å². The molecule has 4 rings (SSSR count). The third-order valence-electron chi connectivity index (χ3n) is 5.86. The van der Waals surface area contributed by atoms with E-state index in [2.05, 4.69) is 0 Å². The number of hydrogen-bond acceptors (Lipinski definition) is 8. The molecule has 8 nitrogen and oxygen atoms in total. The van der Waals surface area contributed by atoms with E-state index in [0.29, 0.717) is 46.6 Å². The topological polar surface area (TPSA) is 93.2 Å². The molecule has 0 N–H and O–H groups in total. The minimum atomic E-state index is -0.587. The van der Waals surface area contributed by atoms with E-state index in [9.17, 15) is 9.59 Å². The molecular formula is C28H29NO7. The second kappa shape index (κ2) is 10.7. The summed E-state index contributed by atoms with van der Waals surface area (Å²) >= 11 is 0. The molecule has 2 aromatic carbocycles. The van der Waals surface area contributed by atoms with Crippen molar-refractivity contribution in [2.45, 2.75) is 32.8 Å². The van der Waals surface area contributed by atoms with Crippen LogP contribution in [0.25, 0.3) is 22.6 Å². The van der Waals surface area contributed by atoms with Gasteiger partial charge in [0.2, 0.25) is 5.75 Å². The smallest absolute Gasteiger partial charge is 0.344 e. The number of allylic oxidation sites excluding steroid dienone is 1. The van der Waals surface area contributed by atoms with E-state index in [4.69, 9.17) is 28.7 Å². The third-order valence-corrected chi connectivity index (χ3v) is 5.86. The number of carbonyl (C=O) groups excluding carboxylic acids is 2. The fourth-order valence-electron chi connectivity index (χ4n) is 4.39. The molecule has 0 bridgehead atoms. The molecule has 1 heterocycles. The van der Waals surface area contributed by atoms with Gasteiger partial charge in [-0.2, -0.15) is 0 Å². The summed E-state index contributed by atoms with van der Waals surface area (Å²) in [6, 6.07) is 11.1. The van der Waals surface area contributed by atoms with Gasteiger partial charge >= 0.3 is 11.9 Å². The highest BCUT2D eigenvalue weighted by atomic mass is 16.6. The van der Waals surface area contributed by atoms with Crippen LogP contribution in [0, 0.1) is 0 Å². The van der Waals surface area contributed by atoms with Crippen LogP contribution in [0.1, 0.15) is 47.4 Å². The van der Waals surface area contributed by atoms with E-state index in [1.807, 2.05) is 42.5 Å². The Balaban J connectivity index is 1.76. The Labute approximate surface area is 209 Å². The van der Waals surface area contributed by atoms with Crippen LogP contribution in [0.3, 0.4) is 0 Å². The lowest BCUT2D eigenvalue weighted by atomic mass is 10.0. The molecule has 0 aliphatic heterocycles. The zero-order valence-electron chi connectivity index (χ0n) is 21.0. The summed E-state index contributed by atoms with van der Waals surface area (Å²) in [6.45, 7) is 3.03. The summed E-state index contributed by atoms with van der Waals surface area (Å²) in [5, 5.41) is 0.688. The van der Waals surface area contributed by atoms with Crippen molar-refractivity contribution in [2.24, 2.45) is 0 Å². The van der Waals surface area contributed by atoms with Gasteiger partial charge in [-0.1, -0.05) is 18.2 Å². The Morgan fingerprint density at radius 1 is 1.00 bits per heavy atom. The van der Waals surface area contributed by atoms with Crippen molar-refractivity contribution in [3.8, 4) is 17.2 Å². The summed E-state index contributed by atoms with van der Waals surface area (Å²) in [6.07, 6.45) is 3.02. The van der Waals surface area contributed by atoms with Crippen LogP contribution in [-0.2, 0) is 20.7 Å². The maximum atomic E-state index is 13.2. The average Bonchev–Trinajstić information content (AvgIpc) is 3.26. The van der Waals surface area contributed by atoms with Crippen molar-refractivity contribution >= 4 is 34.5 Å². The van der Waals surface area contributed by atoms with E-state index in [1.54, 1.807) is 35.2 Å². The van der Waals surface area contributed by atoms with Gasteiger partial charge in [-0.3, -0.25) is 0 Å². The minimum absolute atomic E-state index is 0.287. The molecule has 1 aliphatic rings. The summed E-state index contributed by atoms with van der Waals surface area (Å²) in [7, 11) is 4.70. The number of aromatic nitrogens is 1. The molecule has 0 atom stereocenters. The highest BCUT2D eigenvalue weighted by Crippen LogP contribution is 2.41. The number of pyridine rings is 1. The predicted octanol–water partition coefficient (Wildman–Crippen LogP) is 4.86. The van der Waals surface area contributed by atoms with Crippen LogP contribution in [0.5, 0.6) is 17.2 Å². The van der Waals surface area contributed by atoms with Crippen molar-refractivity contribution in [2.75, 3.05) is 27.9 Å². The molecule has 0 radical (unpaired) electrons. The van der Waals surface area contributed by atoms with Crippen molar-refractivity contribution < 1.29 is 33.3 Å². The third kappa shape index (κ3) is 4.98. The lowest BCUT2D eigenvalue weighted by Crippen LogP contribution is -2.20. The van der Waals surface area contributed by atoms with E-state index < -0.39 is 18.5 Å². The maximum Gasteiger partial charge on any atom is 0.344 e. The first-order valence-corrected chi connectivity index (χ1v) is 11.6. The maximum absolute atomic E-state index is 13.2. The number of para-hydroxylation sites is 1. The molecule has 0 saturated heterocycles. The molecule has 1 aromatic heterocycles. The number of rotatable bonds is 8. The van der Waals surface area contributed by atoms with E-state index in [0.717, 1.165) is 22.4 Å². The molecule has 188 valence electrons. The first-order valence-electron chi connectivity index (χ1n) is 11.6. The quantitative estimate of drug-likeness (QED) is 0.413. The van der Waals surface area contributed by atoms with Gasteiger partial charge in [0.1, 0.15) is 0 Å². The summed E-state index contributed by atoms with van der Waals surface area (Å²) in [4.78, 5) is 30.0. The second-order valence-corrected chi connectivity index (χ2v) is 8.57. The lowest BCUT2D eigenvalue weighted by molar-refractivity contribution is -0.150. The normalized spacial score (nSPS) is 13.6. The number of fused-ring (bicyclic) bond motifs is 2. The van der Waals surface area contributed by atoms with Crippen LogP contribution in [-0.4, -0.2) is 51.0 Å². The summed E-state index contributed by atoms with van der Waals surface area (Å²) in [5.41, 5.74) is 4.46. The van der Waals surface area contributed by atoms with E-state index >= 15 is 0 Å². The molecule has 0 saturated carbocycles. The lowest BCUT2D eigenvalue weighted by Gasteiger charge is -2.14. The molecule has 1 aliphatic carbocycles. The Morgan fingerprint density at radius 3 is 2.33 bits per heavy atom. The van der Waals surface area contributed by atoms with E-state index in [-0.39, 0.29) is 6.10 Å². The van der Waals surface area contributed by atoms with Crippen LogP contribution < -0.4 is 14.2 Å². The fourth-order valence-corrected chi connectivity index (χ4v) is 4.39. The van der Waals surface area contributed by atoms with E-state index in [1.165, 1.54) is 0 Å². The van der Waals surface area contributed by atoms with Crippen LogP contribution >= 0.6 is 0 Å². The average molecular weight is 492 g/mol.